The third-order valence-corrected chi connectivity index (χ3v) is 11.6. The summed E-state index contributed by atoms with van der Waals surface area (Å²) in [5.41, 5.74) is 6.23. The molecule has 3 atom stereocenters. The molecule has 1 heterocycles. The molecule has 16 heteroatoms. The van der Waals surface area contributed by atoms with Crippen molar-refractivity contribution in [1.29, 1.82) is 0 Å². The van der Waals surface area contributed by atoms with Gasteiger partial charge in [0.05, 0.1) is 19.8 Å². The van der Waals surface area contributed by atoms with Crippen molar-refractivity contribution in [2.24, 2.45) is 5.41 Å². The number of carbonyl (C=O) groups excluding carboxylic acids is 2. The number of amides is 2. The van der Waals surface area contributed by atoms with Gasteiger partial charge in [-0.25, -0.2) is 17.6 Å². The van der Waals surface area contributed by atoms with Crippen LogP contribution >= 0.6 is 11.3 Å². The van der Waals surface area contributed by atoms with Crippen LogP contribution in [0.25, 0.3) is 0 Å². The van der Waals surface area contributed by atoms with Gasteiger partial charge < -0.3 is 26.2 Å². The van der Waals surface area contributed by atoms with Gasteiger partial charge in [-0.15, -0.1) is 11.3 Å². The number of rotatable bonds is 14. The van der Waals surface area contributed by atoms with Crippen LogP contribution < -0.4 is 16.4 Å². The van der Waals surface area contributed by atoms with E-state index in [4.69, 9.17) is 10.5 Å². The molecule has 0 aliphatic rings. The molecule has 10 nitrogen and oxygen atoms in total. The lowest BCUT2D eigenvalue weighted by atomic mass is 9.84. The molecule has 0 fully saturated rings. The topological polar surface area (TPSA) is 151 Å². The number of alkyl halides is 3. The van der Waals surface area contributed by atoms with Crippen LogP contribution in [0.15, 0.2) is 95.9 Å². The molecule has 53 heavy (non-hydrogen) atoms. The van der Waals surface area contributed by atoms with Gasteiger partial charge in [-0.05, 0) is 53.3 Å². The maximum absolute atomic E-state index is 15.0. The normalized spacial score (nSPS) is 14.1. The molecule has 286 valence electrons. The van der Waals surface area contributed by atoms with Crippen LogP contribution in [0.4, 0.5) is 28.0 Å². The first-order valence-electron chi connectivity index (χ1n) is 16.5. The Labute approximate surface area is 310 Å². The monoisotopic (exact) mass is 778 g/mol. The number of sulfonamides is 1. The second-order valence-electron chi connectivity index (χ2n) is 13.5. The minimum Gasteiger partial charge on any atom is -0.453 e. The summed E-state index contributed by atoms with van der Waals surface area (Å²) in [6.45, 7) is 4.46. The maximum atomic E-state index is 15.0. The summed E-state index contributed by atoms with van der Waals surface area (Å²) >= 11 is 0.527. The predicted molar refractivity (Wildman–Crippen MR) is 194 cm³/mol. The fourth-order valence-electron chi connectivity index (χ4n) is 5.70. The van der Waals surface area contributed by atoms with Crippen molar-refractivity contribution >= 4 is 39.0 Å². The van der Waals surface area contributed by atoms with Crippen LogP contribution in [0, 0.1) is 11.2 Å². The van der Waals surface area contributed by atoms with Crippen LogP contribution in [0.5, 0.6) is 0 Å². The first-order valence-corrected chi connectivity index (χ1v) is 18.7. The number of hydrogen-bond acceptors (Lipinski definition) is 8. The van der Waals surface area contributed by atoms with E-state index < -0.39 is 79.9 Å². The van der Waals surface area contributed by atoms with E-state index in [0.29, 0.717) is 22.5 Å². The van der Waals surface area contributed by atoms with E-state index >= 15 is 4.39 Å². The number of thiophene rings is 1. The van der Waals surface area contributed by atoms with Gasteiger partial charge in [0.25, 0.3) is 0 Å². The summed E-state index contributed by atoms with van der Waals surface area (Å²) in [5, 5.41) is 15.0. The van der Waals surface area contributed by atoms with Crippen molar-refractivity contribution in [2.75, 3.05) is 26.0 Å². The zero-order valence-corrected chi connectivity index (χ0v) is 31.1. The molecular formula is C37H42F4N4O6S2. The van der Waals surface area contributed by atoms with Gasteiger partial charge in [0.2, 0.25) is 15.9 Å². The number of nitrogens with one attached hydrogen (secondary N) is 2. The molecule has 0 saturated carbocycles. The lowest BCUT2D eigenvalue weighted by Crippen LogP contribution is -2.52. The molecule has 0 spiro atoms. The summed E-state index contributed by atoms with van der Waals surface area (Å²) in [6.07, 6.45) is -5.87. The Morgan fingerprint density at radius 1 is 0.906 bits per heavy atom. The molecule has 0 bridgehead atoms. The highest BCUT2D eigenvalue weighted by molar-refractivity contribution is 7.89. The molecule has 4 rings (SSSR count). The van der Waals surface area contributed by atoms with Gasteiger partial charge in [-0.3, -0.25) is 4.79 Å². The minimum absolute atomic E-state index is 0.00928. The lowest BCUT2D eigenvalue weighted by molar-refractivity contribution is -0.163. The first-order chi connectivity index (χ1) is 24.9. The Balaban J connectivity index is 1.76. The highest BCUT2D eigenvalue weighted by Crippen LogP contribution is 2.41. The van der Waals surface area contributed by atoms with Crippen molar-refractivity contribution in [3.05, 3.63) is 118 Å². The molecule has 4 aromatic rings. The first kappa shape index (κ1) is 41.2. The number of carbonyl (C=O) groups is 2. The molecule has 2 amide bonds. The van der Waals surface area contributed by atoms with Gasteiger partial charge in [0.1, 0.15) is 16.8 Å². The fourth-order valence-corrected chi connectivity index (χ4v) is 8.60. The van der Waals surface area contributed by atoms with Crippen LogP contribution in [-0.2, 0) is 19.6 Å². The van der Waals surface area contributed by atoms with Crippen molar-refractivity contribution in [3.63, 3.8) is 0 Å². The number of alkyl carbamates (subject to hydrolysis) is 1. The Morgan fingerprint density at radius 2 is 1.47 bits per heavy atom. The number of benzene rings is 3. The number of anilines is 1. The van der Waals surface area contributed by atoms with Crippen LogP contribution in [0.2, 0.25) is 0 Å². The largest absolute Gasteiger partial charge is 0.453 e. The Morgan fingerprint density at radius 3 is 1.96 bits per heavy atom. The molecule has 3 aromatic carbocycles. The van der Waals surface area contributed by atoms with Crippen molar-refractivity contribution in [3.8, 4) is 0 Å². The van der Waals surface area contributed by atoms with Crippen LogP contribution in [0.3, 0.4) is 0 Å². The van der Waals surface area contributed by atoms with Gasteiger partial charge in [0.15, 0.2) is 6.04 Å². The quantitative estimate of drug-likeness (QED) is 0.0803. The molecule has 1 aromatic heterocycles. The Hall–Kier alpha value is -4.51. The molecule has 5 N–H and O–H groups in total. The molecule has 0 radical (unpaired) electrons. The number of methoxy groups -OCH3 is 1. The van der Waals surface area contributed by atoms with E-state index in [1.54, 1.807) is 60.7 Å². The maximum Gasteiger partial charge on any atom is 0.413 e. The summed E-state index contributed by atoms with van der Waals surface area (Å²) in [6, 6.07) is 16.6. The van der Waals surface area contributed by atoms with Gasteiger partial charge in [-0.2, -0.15) is 17.5 Å². The molecule has 0 unspecified atom stereocenters. The zero-order chi connectivity index (χ0) is 39.1. The Kier molecular flexibility index (Phi) is 13.3. The summed E-state index contributed by atoms with van der Waals surface area (Å²) in [4.78, 5) is 25.4. The van der Waals surface area contributed by atoms with E-state index in [1.807, 2.05) is 20.8 Å². The average Bonchev–Trinajstić information content (AvgIpc) is 3.57. The van der Waals surface area contributed by atoms with E-state index in [2.05, 4.69) is 10.6 Å². The second kappa shape index (κ2) is 17.1. The number of nitrogen functional groups attached to an aromatic ring is 1. The number of nitrogens with two attached hydrogens (primary N) is 1. The fraction of sp³-hybridized carbons (Fsp3) is 0.351. The second-order valence-corrected chi connectivity index (χ2v) is 16.5. The summed E-state index contributed by atoms with van der Waals surface area (Å²) < 4.78 is 93.1. The Bertz CT molecular complexity index is 1920. The molecular weight excluding hydrogens is 737 g/mol. The molecule has 0 aliphatic carbocycles. The predicted octanol–water partition coefficient (Wildman–Crippen LogP) is 6.91. The highest BCUT2D eigenvalue weighted by atomic mass is 32.2. The zero-order valence-electron chi connectivity index (χ0n) is 29.4. The van der Waals surface area contributed by atoms with Gasteiger partial charge >= 0.3 is 12.3 Å². The third-order valence-electron chi connectivity index (χ3n) is 8.41. The third kappa shape index (κ3) is 10.3. The van der Waals surface area contributed by atoms with E-state index in [-0.39, 0.29) is 23.5 Å². The molecule has 0 saturated heterocycles. The van der Waals surface area contributed by atoms with Gasteiger partial charge in [0, 0.05) is 27.9 Å². The van der Waals surface area contributed by atoms with Crippen molar-refractivity contribution < 1.29 is 45.4 Å². The number of halogens is 4. The van der Waals surface area contributed by atoms with E-state index in [9.17, 15) is 36.3 Å². The standard InChI is InChI=1S/C37H42F4N4O6S2/c1-36(2,3)19-20-45(53(49,50)30-18-15-25(42)21-26(30)38)27(22-46)28-16-17-29(52-28)33(37(39,40)41)44-34(47)32(43-35(48)51-4)31(23-11-7-5-8-12-23)24-13-9-6-10-14-24/h5-18,21,27,31-33,46H,19-20,22,42H2,1-4H3,(H,43,48)(H,44,47)/t27-,32+,33-/m1/s1. The number of aliphatic hydroxyl groups is 1. The number of hydrogen-bond donors (Lipinski definition) is 4. The summed E-state index contributed by atoms with van der Waals surface area (Å²) in [7, 11) is -3.62. The summed E-state index contributed by atoms with van der Waals surface area (Å²) in [5.74, 6) is -3.26. The van der Waals surface area contributed by atoms with Crippen LogP contribution in [0.1, 0.15) is 66.1 Å². The average molecular weight is 779 g/mol. The van der Waals surface area contributed by atoms with E-state index in [1.165, 1.54) is 12.1 Å². The minimum atomic E-state index is -5.07. The number of aliphatic hydroxyl groups excluding tert-OH is 1. The van der Waals surface area contributed by atoms with Crippen LogP contribution in [-0.4, -0.2) is 62.3 Å². The number of ether oxygens (including phenoxy) is 1. The van der Waals surface area contributed by atoms with Gasteiger partial charge in [-0.1, -0.05) is 81.4 Å². The molecule has 0 aliphatic heterocycles. The SMILES string of the molecule is COC(=O)N[C@H](C(=O)N[C@H](c1ccc([C@@H](CO)N(CCC(C)(C)C)S(=O)(=O)c2ccc(N)cc2F)s1)C(F)(F)F)C(c1ccccc1)c1ccccc1. The smallest absolute Gasteiger partial charge is 0.413 e. The van der Waals surface area contributed by atoms with Crippen molar-refractivity contribution in [2.45, 2.75) is 62.3 Å². The van der Waals surface area contributed by atoms with Crippen molar-refractivity contribution in [1.82, 2.24) is 14.9 Å². The van der Waals surface area contributed by atoms with E-state index in [0.717, 1.165) is 29.6 Å². The highest BCUT2D eigenvalue weighted by Gasteiger charge is 2.46. The number of nitrogens with zero attached hydrogens (tertiary/aromatic N) is 1. The lowest BCUT2D eigenvalue weighted by Gasteiger charge is -2.32.